The van der Waals surface area contributed by atoms with Crippen LogP contribution in [0.4, 0.5) is 0 Å². The first-order valence-electron chi connectivity index (χ1n) is 6.00. The summed E-state index contributed by atoms with van der Waals surface area (Å²) >= 11 is 0. The molecule has 0 radical (unpaired) electrons. The van der Waals surface area contributed by atoms with Gasteiger partial charge in [0.2, 0.25) is 0 Å². The second-order valence-corrected chi connectivity index (χ2v) is 4.53. The molecule has 0 aliphatic carbocycles. The van der Waals surface area contributed by atoms with E-state index in [0.29, 0.717) is 0 Å². The molecule has 1 aliphatic rings. The van der Waals surface area contributed by atoms with Crippen molar-refractivity contribution in [3.8, 4) is 5.75 Å². The molecule has 4 heteroatoms. The third-order valence-corrected chi connectivity index (χ3v) is 2.95. The Bertz CT molecular complexity index is 439. The fourth-order valence-corrected chi connectivity index (χ4v) is 2.01. The van der Waals surface area contributed by atoms with E-state index < -0.39 is 5.97 Å². The number of aliphatic carboxylic acids is 1. The van der Waals surface area contributed by atoms with E-state index in [0.717, 1.165) is 36.9 Å². The molecule has 0 bridgehead atoms. The molecule has 1 fully saturated rings. The number of nitrogens with zero attached hydrogens (tertiary/aromatic N) is 1. The molecule has 0 saturated carbocycles. The normalized spacial score (nSPS) is 20.4. The summed E-state index contributed by atoms with van der Waals surface area (Å²) in [5, 5.41) is 8.53. The monoisotopic (exact) mass is 247 g/mol. The number of carbonyl (C=O) groups is 1. The Morgan fingerprint density at radius 1 is 1.44 bits per heavy atom. The molecule has 1 saturated heterocycles. The fourth-order valence-electron chi connectivity index (χ4n) is 2.01. The van der Waals surface area contributed by atoms with Gasteiger partial charge in [-0.15, -0.1) is 0 Å². The van der Waals surface area contributed by atoms with E-state index in [2.05, 4.69) is 11.9 Å². The Kier molecular flexibility index (Phi) is 3.99. The molecule has 96 valence electrons. The lowest BCUT2D eigenvalue weighted by molar-refractivity contribution is -0.131. The Morgan fingerprint density at radius 2 is 2.17 bits per heavy atom. The molecule has 1 aromatic carbocycles. The molecular formula is C14H17NO3. The van der Waals surface area contributed by atoms with Crippen molar-refractivity contribution in [2.24, 2.45) is 0 Å². The number of carboxylic acid groups (broad SMARTS) is 1. The van der Waals surface area contributed by atoms with Gasteiger partial charge in [0.15, 0.2) is 0 Å². The van der Waals surface area contributed by atoms with Crippen LogP contribution in [0, 0.1) is 0 Å². The zero-order valence-electron chi connectivity index (χ0n) is 10.4. The van der Waals surface area contributed by atoms with E-state index in [1.165, 1.54) is 0 Å². The number of rotatable bonds is 4. The van der Waals surface area contributed by atoms with E-state index in [1.54, 1.807) is 6.08 Å². The highest BCUT2D eigenvalue weighted by Crippen LogP contribution is 2.18. The molecule has 1 atom stereocenters. The summed E-state index contributed by atoms with van der Waals surface area (Å²) in [6.07, 6.45) is 4.00. The van der Waals surface area contributed by atoms with Crippen molar-refractivity contribution in [2.45, 2.75) is 12.5 Å². The molecular weight excluding hydrogens is 230 g/mol. The summed E-state index contributed by atoms with van der Waals surface area (Å²) in [5.41, 5.74) is 0.855. The van der Waals surface area contributed by atoms with Crippen LogP contribution in [0.25, 0.3) is 6.08 Å². The topological polar surface area (TPSA) is 49.8 Å². The average Bonchev–Trinajstić information content (AvgIpc) is 2.74. The van der Waals surface area contributed by atoms with Gasteiger partial charge in [0.25, 0.3) is 0 Å². The highest BCUT2D eigenvalue weighted by molar-refractivity contribution is 5.85. The first-order chi connectivity index (χ1) is 8.63. The standard InChI is InChI=1S/C14H17NO3/c1-15-9-8-13(10-15)18-12-5-2-11(3-6-12)4-7-14(16)17/h2-7,13H,8-10H2,1H3,(H,16,17). The second kappa shape index (κ2) is 5.69. The van der Waals surface area contributed by atoms with Crippen LogP contribution in [-0.4, -0.2) is 42.2 Å². The van der Waals surface area contributed by atoms with Crippen molar-refractivity contribution in [1.82, 2.24) is 4.90 Å². The Hall–Kier alpha value is -1.81. The highest BCUT2D eigenvalue weighted by atomic mass is 16.5. The summed E-state index contributed by atoms with van der Waals surface area (Å²) in [6.45, 7) is 2.03. The summed E-state index contributed by atoms with van der Waals surface area (Å²) < 4.78 is 5.84. The highest BCUT2D eigenvalue weighted by Gasteiger charge is 2.20. The van der Waals surface area contributed by atoms with E-state index in [1.807, 2.05) is 24.3 Å². The number of carboxylic acids is 1. The lowest BCUT2D eigenvalue weighted by Gasteiger charge is -2.13. The Balaban J connectivity index is 1.93. The number of likely N-dealkylation sites (tertiary alicyclic amines) is 1. The van der Waals surface area contributed by atoms with Crippen LogP contribution >= 0.6 is 0 Å². The van der Waals surface area contributed by atoms with Gasteiger partial charge in [-0.25, -0.2) is 4.79 Å². The van der Waals surface area contributed by atoms with Crippen molar-refractivity contribution in [3.05, 3.63) is 35.9 Å². The maximum absolute atomic E-state index is 10.4. The van der Waals surface area contributed by atoms with Crippen LogP contribution in [0.3, 0.4) is 0 Å². The summed E-state index contributed by atoms with van der Waals surface area (Å²) in [6, 6.07) is 7.46. The van der Waals surface area contributed by atoms with Gasteiger partial charge in [-0.1, -0.05) is 12.1 Å². The molecule has 0 spiro atoms. The molecule has 1 aliphatic heterocycles. The predicted molar refractivity (Wildman–Crippen MR) is 69.6 cm³/mol. The van der Waals surface area contributed by atoms with Gasteiger partial charge in [0.1, 0.15) is 11.9 Å². The van der Waals surface area contributed by atoms with Crippen molar-refractivity contribution in [2.75, 3.05) is 20.1 Å². The van der Waals surface area contributed by atoms with E-state index in [4.69, 9.17) is 9.84 Å². The van der Waals surface area contributed by atoms with E-state index in [9.17, 15) is 4.79 Å². The number of likely N-dealkylation sites (N-methyl/N-ethyl adjacent to an activating group) is 1. The Labute approximate surface area is 106 Å². The largest absolute Gasteiger partial charge is 0.489 e. The van der Waals surface area contributed by atoms with Gasteiger partial charge < -0.3 is 14.7 Å². The molecule has 18 heavy (non-hydrogen) atoms. The van der Waals surface area contributed by atoms with Gasteiger partial charge in [-0.2, -0.15) is 0 Å². The van der Waals surface area contributed by atoms with E-state index >= 15 is 0 Å². The van der Waals surface area contributed by atoms with Crippen LogP contribution in [0.15, 0.2) is 30.3 Å². The maximum atomic E-state index is 10.4. The molecule has 1 heterocycles. The van der Waals surface area contributed by atoms with Gasteiger partial charge in [-0.3, -0.25) is 0 Å². The van der Waals surface area contributed by atoms with Crippen molar-refractivity contribution in [3.63, 3.8) is 0 Å². The summed E-state index contributed by atoms with van der Waals surface area (Å²) in [5.74, 6) is -0.105. The quantitative estimate of drug-likeness (QED) is 0.825. The molecule has 1 N–H and O–H groups in total. The van der Waals surface area contributed by atoms with Gasteiger partial charge in [0.05, 0.1) is 0 Å². The average molecular weight is 247 g/mol. The third kappa shape index (κ3) is 3.60. The minimum Gasteiger partial charge on any atom is -0.489 e. The minimum absolute atomic E-state index is 0.260. The predicted octanol–water partition coefficient (Wildman–Crippen LogP) is 1.87. The molecule has 1 aromatic rings. The van der Waals surface area contributed by atoms with Crippen molar-refractivity contribution >= 4 is 12.0 Å². The maximum Gasteiger partial charge on any atom is 0.328 e. The summed E-state index contributed by atoms with van der Waals surface area (Å²) in [4.78, 5) is 12.6. The minimum atomic E-state index is -0.940. The van der Waals surface area contributed by atoms with Crippen LogP contribution in [0.2, 0.25) is 0 Å². The zero-order valence-corrected chi connectivity index (χ0v) is 10.4. The van der Waals surface area contributed by atoms with Crippen molar-refractivity contribution < 1.29 is 14.6 Å². The zero-order chi connectivity index (χ0) is 13.0. The van der Waals surface area contributed by atoms with Crippen molar-refractivity contribution in [1.29, 1.82) is 0 Å². The lowest BCUT2D eigenvalue weighted by atomic mass is 10.2. The number of ether oxygens (including phenoxy) is 1. The van der Waals surface area contributed by atoms with Crippen LogP contribution in [0.1, 0.15) is 12.0 Å². The van der Waals surface area contributed by atoms with Gasteiger partial charge in [0, 0.05) is 19.2 Å². The number of hydrogen-bond acceptors (Lipinski definition) is 3. The van der Waals surface area contributed by atoms with Gasteiger partial charge >= 0.3 is 5.97 Å². The summed E-state index contributed by atoms with van der Waals surface area (Å²) in [7, 11) is 2.09. The third-order valence-electron chi connectivity index (χ3n) is 2.95. The van der Waals surface area contributed by atoms with E-state index in [-0.39, 0.29) is 6.10 Å². The molecule has 0 amide bonds. The SMILES string of the molecule is CN1CCC(Oc2ccc(C=CC(=O)O)cc2)C1. The second-order valence-electron chi connectivity index (χ2n) is 4.53. The first kappa shape index (κ1) is 12.6. The first-order valence-corrected chi connectivity index (χ1v) is 6.00. The van der Waals surface area contributed by atoms with Gasteiger partial charge in [-0.05, 0) is 37.2 Å². The molecule has 0 aromatic heterocycles. The molecule has 4 nitrogen and oxygen atoms in total. The Morgan fingerprint density at radius 3 is 2.72 bits per heavy atom. The number of benzene rings is 1. The van der Waals surface area contributed by atoms with Crippen LogP contribution in [-0.2, 0) is 4.79 Å². The van der Waals surface area contributed by atoms with Crippen LogP contribution < -0.4 is 4.74 Å². The molecule has 2 rings (SSSR count). The van der Waals surface area contributed by atoms with Crippen LogP contribution in [0.5, 0.6) is 5.75 Å². The number of hydrogen-bond donors (Lipinski definition) is 1. The fraction of sp³-hybridized carbons (Fsp3) is 0.357. The molecule has 1 unspecified atom stereocenters. The smallest absolute Gasteiger partial charge is 0.328 e. The lowest BCUT2D eigenvalue weighted by Crippen LogP contribution is -2.21.